The molecule has 3 heterocycles. The highest BCUT2D eigenvalue weighted by atomic mass is 35.5. The average molecular weight is 468 g/mol. The van der Waals surface area contributed by atoms with Gasteiger partial charge >= 0.3 is 0 Å². The molecule has 5 nitrogen and oxygen atoms in total. The summed E-state index contributed by atoms with van der Waals surface area (Å²) in [5, 5.41) is 5.11. The summed E-state index contributed by atoms with van der Waals surface area (Å²) in [5.41, 5.74) is 6.81. The van der Waals surface area contributed by atoms with Crippen molar-refractivity contribution < 1.29 is 0 Å². The molecular formula is C25H30ClN5S. The normalized spacial score (nSPS) is 18.5. The van der Waals surface area contributed by atoms with Crippen LogP contribution in [0.25, 0.3) is 5.69 Å². The molecule has 1 N–H and O–H groups in total. The van der Waals surface area contributed by atoms with Gasteiger partial charge in [0.1, 0.15) is 0 Å². The van der Waals surface area contributed by atoms with Gasteiger partial charge in [0.2, 0.25) is 0 Å². The van der Waals surface area contributed by atoms with Gasteiger partial charge in [-0.05, 0) is 88.5 Å². The zero-order chi connectivity index (χ0) is 23.0. The minimum atomic E-state index is -0.0136. The maximum absolute atomic E-state index is 6.46. The smallest absolute Gasteiger partial charge is 0.170 e. The molecule has 1 aliphatic heterocycles. The third-order valence-electron chi connectivity index (χ3n) is 6.25. The largest absolute Gasteiger partial charge is 0.352 e. The van der Waals surface area contributed by atoms with Crippen molar-refractivity contribution in [1.82, 2.24) is 24.7 Å². The zero-order valence-electron chi connectivity index (χ0n) is 19.3. The van der Waals surface area contributed by atoms with E-state index in [1.165, 1.54) is 17.0 Å². The van der Waals surface area contributed by atoms with Crippen LogP contribution in [0.1, 0.15) is 40.3 Å². The Kier molecular flexibility index (Phi) is 6.56. The van der Waals surface area contributed by atoms with Crippen LogP contribution in [-0.4, -0.2) is 51.6 Å². The van der Waals surface area contributed by atoms with Gasteiger partial charge in [-0.3, -0.25) is 4.98 Å². The number of aryl methyl sites for hydroxylation is 1. The molecule has 0 bridgehead atoms. The molecule has 1 aliphatic rings. The van der Waals surface area contributed by atoms with Crippen LogP contribution in [0.5, 0.6) is 0 Å². The first kappa shape index (κ1) is 22.8. The second-order valence-electron chi connectivity index (χ2n) is 8.67. The maximum atomic E-state index is 6.46. The number of aromatic nitrogens is 2. The van der Waals surface area contributed by atoms with Crippen molar-refractivity contribution in [3.8, 4) is 5.69 Å². The predicted octanol–water partition coefficient (Wildman–Crippen LogP) is 4.99. The summed E-state index contributed by atoms with van der Waals surface area (Å²) in [4.78, 5) is 9.16. The number of nitrogens with one attached hydrogen (secondary N) is 1. The molecule has 0 radical (unpaired) electrons. The molecule has 7 heteroatoms. The molecule has 168 valence electrons. The van der Waals surface area contributed by atoms with Crippen LogP contribution in [0, 0.1) is 20.8 Å². The molecule has 0 saturated carbocycles. The van der Waals surface area contributed by atoms with E-state index in [1.54, 1.807) is 0 Å². The quantitative estimate of drug-likeness (QED) is 0.517. The number of hydrogen-bond acceptors (Lipinski definition) is 3. The lowest BCUT2D eigenvalue weighted by atomic mass is 9.96. The van der Waals surface area contributed by atoms with Gasteiger partial charge in [-0.2, -0.15) is 0 Å². The van der Waals surface area contributed by atoms with E-state index in [0.717, 1.165) is 40.2 Å². The highest BCUT2D eigenvalue weighted by Crippen LogP contribution is 2.41. The van der Waals surface area contributed by atoms with Gasteiger partial charge < -0.3 is 19.7 Å². The summed E-state index contributed by atoms with van der Waals surface area (Å²) in [6.07, 6.45) is 1.85. The van der Waals surface area contributed by atoms with Gasteiger partial charge in [0.05, 0.1) is 17.8 Å². The number of pyridine rings is 1. The Morgan fingerprint density at radius 3 is 2.59 bits per heavy atom. The van der Waals surface area contributed by atoms with Gasteiger partial charge in [0.25, 0.3) is 0 Å². The van der Waals surface area contributed by atoms with Crippen molar-refractivity contribution in [1.29, 1.82) is 0 Å². The Bertz CT molecular complexity index is 1120. The third kappa shape index (κ3) is 4.15. The fraction of sp³-hybridized carbons (Fsp3) is 0.360. The van der Waals surface area contributed by atoms with Gasteiger partial charge in [0, 0.05) is 41.4 Å². The van der Waals surface area contributed by atoms with E-state index in [4.69, 9.17) is 23.8 Å². The van der Waals surface area contributed by atoms with E-state index in [-0.39, 0.29) is 12.1 Å². The van der Waals surface area contributed by atoms with Crippen molar-refractivity contribution in [3.05, 3.63) is 81.9 Å². The van der Waals surface area contributed by atoms with E-state index in [0.29, 0.717) is 0 Å². The standard InChI is InChI=1S/C25H30ClN5S/c1-16-15-19(18(3)31(16)22-11-8-9-20(26)17(22)2)24-23(21-10-6-7-12-27-21)28-25(32)30(24)14-13-29(4)5/h6-12,15,23-24H,13-14H2,1-5H3,(H,28,32). The van der Waals surface area contributed by atoms with Crippen molar-refractivity contribution in [2.24, 2.45) is 0 Å². The highest BCUT2D eigenvalue weighted by Gasteiger charge is 2.41. The molecule has 2 unspecified atom stereocenters. The van der Waals surface area contributed by atoms with E-state index in [9.17, 15) is 0 Å². The minimum absolute atomic E-state index is 0.0136. The lowest BCUT2D eigenvalue weighted by molar-refractivity contribution is 0.277. The number of halogens is 1. The second kappa shape index (κ2) is 9.22. The number of benzene rings is 1. The molecular weight excluding hydrogens is 438 g/mol. The van der Waals surface area contributed by atoms with E-state index in [2.05, 4.69) is 77.7 Å². The Morgan fingerprint density at radius 2 is 1.91 bits per heavy atom. The first-order valence-corrected chi connectivity index (χ1v) is 11.7. The molecule has 1 saturated heterocycles. The van der Waals surface area contributed by atoms with Crippen LogP contribution in [0.2, 0.25) is 5.02 Å². The summed E-state index contributed by atoms with van der Waals surface area (Å²) >= 11 is 12.3. The fourth-order valence-corrected chi connectivity index (χ4v) is 5.09. The van der Waals surface area contributed by atoms with Crippen molar-refractivity contribution in [3.63, 3.8) is 0 Å². The first-order valence-electron chi connectivity index (χ1n) is 10.9. The fourth-order valence-electron chi connectivity index (χ4n) is 4.59. The molecule has 3 aromatic rings. The summed E-state index contributed by atoms with van der Waals surface area (Å²) in [5.74, 6) is 0. The Hall–Kier alpha value is -2.41. The van der Waals surface area contributed by atoms with Crippen LogP contribution < -0.4 is 5.32 Å². The van der Waals surface area contributed by atoms with Gasteiger partial charge in [0.15, 0.2) is 5.11 Å². The van der Waals surface area contributed by atoms with Crippen molar-refractivity contribution in [2.75, 3.05) is 27.2 Å². The molecule has 4 rings (SSSR count). The Balaban J connectivity index is 1.83. The third-order valence-corrected chi connectivity index (χ3v) is 7.02. The van der Waals surface area contributed by atoms with Crippen molar-refractivity contribution >= 4 is 28.9 Å². The van der Waals surface area contributed by atoms with E-state index < -0.39 is 0 Å². The minimum Gasteiger partial charge on any atom is -0.352 e. The highest BCUT2D eigenvalue weighted by molar-refractivity contribution is 7.80. The molecule has 0 aliphatic carbocycles. The van der Waals surface area contributed by atoms with Crippen molar-refractivity contribution in [2.45, 2.75) is 32.9 Å². The molecule has 2 aromatic heterocycles. The van der Waals surface area contributed by atoms with Crippen LogP contribution in [0.15, 0.2) is 48.7 Å². The number of nitrogens with zero attached hydrogens (tertiary/aromatic N) is 4. The molecule has 1 aromatic carbocycles. The van der Waals surface area contributed by atoms with Crippen LogP contribution in [-0.2, 0) is 0 Å². The van der Waals surface area contributed by atoms with Crippen LogP contribution >= 0.6 is 23.8 Å². The summed E-state index contributed by atoms with van der Waals surface area (Å²) in [6, 6.07) is 14.5. The molecule has 0 spiro atoms. The number of rotatable bonds is 6. The second-order valence-corrected chi connectivity index (χ2v) is 9.46. The summed E-state index contributed by atoms with van der Waals surface area (Å²) < 4.78 is 2.30. The summed E-state index contributed by atoms with van der Waals surface area (Å²) in [6.45, 7) is 8.16. The topological polar surface area (TPSA) is 36.3 Å². The van der Waals surface area contributed by atoms with E-state index in [1.807, 2.05) is 30.5 Å². The SMILES string of the molecule is Cc1c(Cl)cccc1-n1c(C)cc(C2C(c3ccccn3)NC(=S)N2CCN(C)C)c1C. The first-order chi connectivity index (χ1) is 15.3. The molecule has 0 amide bonds. The zero-order valence-corrected chi connectivity index (χ0v) is 20.8. The van der Waals surface area contributed by atoms with Crippen LogP contribution in [0.4, 0.5) is 0 Å². The lowest BCUT2D eigenvalue weighted by Crippen LogP contribution is -2.35. The van der Waals surface area contributed by atoms with Gasteiger partial charge in [-0.25, -0.2) is 0 Å². The number of thiocarbonyl (C=S) groups is 1. The molecule has 32 heavy (non-hydrogen) atoms. The number of hydrogen-bond donors (Lipinski definition) is 1. The average Bonchev–Trinajstić information content (AvgIpc) is 3.24. The monoisotopic (exact) mass is 467 g/mol. The Morgan fingerprint density at radius 1 is 1.12 bits per heavy atom. The predicted molar refractivity (Wildman–Crippen MR) is 136 cm³/mol. The molecule has 2 atom stereocenters. The van der Waals surface area contributed by atoms with Gasteiger partial charge in [-0.1, -0.05) is 23.7 Å². The van der Waals surface area contributed by atoms with E-state index >= 15 is 0 Å². The number of likely N-dealkylation sites (N-methyl/N-ethyl adjacent to an activating group) is 1. The molecule has 1 fully saturated rings. The lowest BCUT2D eigenvalue weighted by Gasteiger charge is -2.29. The van der Waals surface area contributed by atoms with Crippen LogP contribution in [0.3, 0.4) is 0 Å². The van der Waals surface area contributed by atoms with Gasteiger partial charge in [-0.15, -0.1) is 0 Å². The maximum Gasteiger partial charge on any atom is 0.170 e. The Labute approximate surface area is 201 Å². The summed E-state index contributed by atoms with van der Waals surface area (Å²) in [7, 11) is 4.18.